The van der Waals surface area contributed by atoms with Gasteiger partial charge in [-0.3, -0.25) is 4.90 Å². The Morgan fingerprint density at radius 3 is 2.45 bits per heavy atom. The van der Waals surface area contributed by atoms with Gasteiger partial charge in [-0.15, -0.1) is 0 Å². The van der Waals surface area contributed by atoms with Gasteiger partial charge in [-0.05, 0) is 88.8 Å². The van der Waals surface area contributed by atoms with Crippen LogP contribution in [0.5, 0.6) is 0 Å². The summed E-state index contributed by atoms with van der Waals surface area (Å²) in [6.45, 7) is 14.0. The van der Waals surface area contributed by atoms with E-state index in [-0.39, 0.29) is 11.8 Å². The Labute approximate surface area is 259 Å². The third-order valence-electron chi connectivity index (χ3n) is 10.2. The SMILES string of the molecule is C=C1C2CCC(C2)N1CCCNc1nc(Nc2ccc(N3CCN(C4CCN(C)CC4)CC3)cc2CC)ncc1C(F)(F)F. The monoisotopic (exact) mass is 612 g/mol. The van der Waals surface area contributed by atoms with Gasteiger partial charge in [0.15, 0.2) is 0 Å². The molecule has 0 radical (unpaired) electrons. The number of piperidine rings is 2. The smallest absolute Gasteiger partial charge is 0.372 e. The molecule has 2 unspecified atom stereocenters. The van der Waals surface area contributed by atoms with E-state index >= 15 is 0 Å². The predicted octanol–water partition coefficient (Wildman–Crippen LogP) is 5.82. The molecule has 2 N–H and O–H groups in total. The maximum absolute atomic E-state index is 13.8. The Kier molecular flexibility index (Phi) is 9.23. The lowest BCUT2D eigenvalue weighted by Crippen LogP contribution is -2.53. The minimum atomic E-state index is -4.54. The molecule has 0 spiro atoms. The molecule has 6 rings (SSSR count). The molecule has 3 saturated heterocycles. The molecule has 2 bridgehead atoms. The summed E-state index contributed by atoms with van der Waals surface area (Å²) in [5.41, 5.74) is 3.42. The molecule has 240 valence electrons. The van der Waals surface area contributed by atoms with Gasteiger partial charge in [-0.1, -0.05) is 13.5 Å². The molecular formula is C33H47F3N8. The number of alkyl halides is 3. The van der Waals surface area contributed by atoms with Crippen LogP contribution in [-0.4, -0.2) is 96.2 Å². The zero-order valence-corrected chi connectivity index (χ0v) is 26.2. The first kappa shape index (κ1) is 31.0. The number of hydrogen-bond acceptors (Lipinski definition) is 8. The number of aryl methyl sites for hydroxylation is 1. The molecule has 1 aliphatic carbocycles. The highest BCUT2D eigenvalue weighted by Crippen LogP contribution is 2.44. The lowest BCUT2D eigenvalue weighted by atomic mass is 10.0. The van der Waals surface area contributed by atoms with Crippen LogP contribution in [0.15, 0.2) is 36.7 Å². The van der Waals surface area contributed by atoms with Crippen molar-refractivity contribution >= 4 is 23.1 Å². The molecule has 44 heavy (non-hydrogen) atoms. The Morgan fingerprint density at radius 2 is 1.77 bits per heavy atom. The number of halogens is 3. The highest BCUT2D eigenvalue weighted by molar-refractivity contribution is 5.65. The summed E-state index contributed by atoms with van der Waals surface area (Å²) in [5, 5.41) is 6.16. The molecule has 1 aromatic carbocycles. The van der Waals surface area contributed by atoms with E-state index < -0.39 is 11.7 Å². The molecule has 4 heterocycles. The Balaban J connectivity index is 1.08. The average Bonchev–Trinajstić information content (AvgIpc) is 3.62. The molecular weight excluding hydrogens is 565 g/mol. The number of nitrogens with zero attached hydrogens (tertiary/aromatic N) is 6. The quantitative estimate of drug-likeness (QED) is 0.326. The molecule has 2 aromatic rings. The third-order valence-corrected chi connectivity index (χ3v) is 10.2. The fourth-order valence-corrected chi connectivity index (χ4v) is 7.60. The van der Waals surface area contributed by atoms with Crippen LogP contribution in [0.3, 0.4) is 0 Å². The second kappa shape index (κ2) is 13.1. The van der Waals surface area contributed by atoms with E-state index in [9.17, 15) is 13.2 Å². The van der Waals surface area contributed by atoms with Gasteiger partial charge in [0.05, 0.1) is 0 Å². The second-order valence-corrected chi connectivity index (χ2v) is 13.0. The van der Waals surface area contributed by atoms with E-state index in [0.29, 0.717) is 31.0 Å². The summed E-state index contributed by atoms with van der Waals surface area (Å²) in [6.07, 6.45) is 3.88. The number of benzene rings is 1. The summed E-state index contributed by atoms with van der Waals surface area (Å²) >= 11 is 0. The fraction of sp³-hybridized carbons (Fsp3) is 0.636. The van der Waals surface area contributed by atoms with Crippen molar-refractivity contribution < 1.29 is 13.2 Å². The second-order valence-electron chi connectivity index (χ2n) is 13.0. The zero-order chi connectivity index (χ0) is 30.8. The van der Waals surface area contributed by atoms with Crippen LogP contribution in [0, 0.1) is 5.92 Å². The minimum absolute atomic E-state index is 0.153. The van der Waals surface area contributed by atoms with Crippen LogP contribution in [0.2, 0.25) is 0 Å². The normalized spacial score (nSPS) is 23.5. The van der Waals surface area contributed by atoms with Gasteiger partial charge < -0.3 is 25.3 Å². The lowest BCUT2D eigenvalue weighted by Gasteiger charge is -2.43. The highest BCUT2D eigenvalue weighted by atomic mass is 19.4. The number of likely N-dealkylation sites (tertiary alicyclic amines) is 2. The molecule has 4 aliphatic rings. The number of fused-ring (bicyclic) bond motifs is 2. The minimum Gasteiger partial charge on any atom is -0.372 e. The molecule has 3 aliphatic heterocycles. The van der Waals surface area contributed by atoms with E-state index in [2.05, 4.69) is 72.9 Å². The van der Waals surface area contributed by atoms with Crippen LogP contribution in [0.25, 0.3) is 0 Å². The number of piperazine rings is 1. The topological polar surface area (TPSA) is 62.8 Å². The molecule has 11 heteroatoms. The van der Waals surface area contributed by atoms with E-state index in [1.807, 2.05) is 6.07 Å². The summed E-state index contributed by atoms with van der Waals surface area (Å²) in [6, 6.07) is 7.52. The largest absolute Gasteiger partial charge is 0.421 e. The first-order chi connectivity index (χ1) is 21.2. The number of rotatable bonds is 10. The van der Waals surface area contributed by atoms with Crippen molar-refractivity contribution in [2.24, 2.45) is 5.92 Å². The van der Waals surface area contributed by atoms with Gasteiger partial charge in [0.2, 0.25) is 5.95 Å². The molecule has 1 aromatic heterocycles. The number of hydrogen-bond donors (Lipinski definition) is 2. The maximum atomic E-state index is 13.8. The summed E-state index contributed by atoms with van der Waals surface area (Å²) in [7, 11) is 2.20. The average molecular weight is 613 g/mol. The highest BCUT2D eigenvalue weighted by Gasteiger charge is 2.40. The number of anilines is 4. The Hall–Kier alpha value is -3.05. The Morgan fingerprint density at radius 1 is 1.00 bits per heavy atom. The third kappa shape index (κ3) is 6.78. The fourth-order valence-electron chi connectivity index (χ4n) is 7.60. The van der Waals surface area contributed by atoms with Gasteiger partial charge in [-0.25, -0.2) is 4.98 Å². The van der Waals surface area contributed by atoms with Gasteiger partial charge in [0, 0.05) is 80.5 Å². The standard InChI is InChI=1S/C33H47F3N8/c1-4-24-20-27(43-18-16-42(17-19-43)26-10-14-41(3)15-11-26)8-9-30(24)39-32-38-22-29(33(34,35)36)31(40-32)37-12-5-13-44-23(2)25-6-7-28(44)21-25/h8-9,20,22,25-26,28H,2,4-7,10-19,21H2,1,3H3,(H2,37,38,39,40). The summed E-state index contributed by atoms with van der Waals surface area (Å²) in [5.74, 6) is 0.551. The molecule has 4 fully saturated rings. The van der Waals surface area contributed by atoms with E-state index in [4.69, 9.17) is 0 Å². The van der Waals surface area contributed by atoms with Gasteiger partial charge in [0.1, 0.15) is 11.4 Å². The van der Waals surface area contributed by atoms with Crippen molar-refractivity contribution in [1.82, 2.24) is 24.7 Å². The van der Waals surface area contributed by atoms with Crippen molar-refractivity contribution in [3.05, 3.63) is 47.8 Å². The number of nitrogens with one attached hydrogen (secondary N) is 2. The van der Waals surface area contributed by atoms with Crippen molar-refractivity contribution in [2.45, 2.75) is 70.1 Å². The number of allylic oxidation sites excluding steroid dienone is 1. The van der Waals surface area contributed by atoms with Crippen molar-refractivity contribution in [3.63, 3.8) is 0 Å². The molecule has 8 nitrogen and oxygen atoms in total. The molecule has 2 atom stereocenters. The van der Waals surface area contributed by atoms with E-state index in [1.165, 1.54) is 56.6 Å². The van der Waals surface area contributed by atoms with Crippen molar-refractivity contribution in [1.29, 1.82) is 0 Å². The van der Waals surface area contributed by atoms with Crippen LogP contribution >= 0.6 is 0 Å². The summed E-state index contributed by atoms with van der Waals surface area (Å²) in [4.78, 5) is 18.2. The van der Waals surface area contributed by atoms with Gasteiger partial charge in [-0.2, -0.15) is 18.2 Å². The van der Waals surface area contributed by atoms with Crippen LogP contribution in [0.4, 0.5) is 36.3 Å². The zero-order valence-electron chi connectivity index (χ0n) is 26.2. The Bertz CT molecular complexity index is 1300. The number of aromatic nitrogens is 2. The first-order valence-corrected chi connectivity index (χ1v) is 16.4. The van der Waals surface area contributed by atoms with E-state index in [1.54, 1.807) is 0 Å². The van der Waals surface area contributed by atoms with Crippen molar-refractivity contribution in [3.8, 4) is 0 Å². The van der Waals surface area contributed by atoms with Crippen LogP contribution in [-0.2, 0) is 12.6 Å². The van der Waals surface area contributed by atoms with Gasteiger partial charge in [0.25, 0.3) is 0 Å². The predicted molar refractivity (Wildman–Crippen MR) is 171 cm³/mol. The molecule has 1 saturated carbocycles. The van der Waals surface area contributed by atoms with Crippen molar-refractivity contribution in [2.75, 3.05) is 74.9 Å². The first-order valence-electron chi connectivity index (χ1n) is 16.4. The summed E-state index contributed by atoms with van der Waals surface area (Å²) < 4.78 is 41.5. The molecule has 0 amide bonds. The van der Waals surface area contributed by atoms with Gasteiger partial charge >= 0.3 is 6.18 Å². The lowest BCUT2D eigenvalue weighted by molar-refractivity contribution is -0.137. The van der Waals surface area contributed by atoms with Crippen LogP contribution in [0.1, 0.15) is 56.6 Å². The van der Waals surface area contributed by atoms with E-state index in [0.717, 1.165) is 56.6 Å². The van der Waals surface area contributed by atoms with Crippen LogP contribution < -0.4 is 15.5 Å². The maximum Gasteiger partial charge on any atom is 0.421 e.